The van der Waals surface area contributed by atoms with E-state index in [4.69, 9.17) is 25.9 Å². The van der Waals surface area contributed by atoms with E-state index in [-0.39, 0.29) is 0 Å². The van der Waals surface area contributed by atoms with Gasteiger partial charge in [-0.3, -0.25) is 14.8 Å². The Morgan fingerprint density at radius 3 is 2.90 bits per heavy atom. The number of aliphatic imine (C=N–C) groups is 2. The summed E-state index contributed by atoms with van der Waals surface area (Å²) in [5, 5.41) is 0. The number of nitrogens with zero attached hydrogens (tertiary/aromatic N) is 4. The lowest BCUT2D eigenvalue weighted by atomic mass is 10.1. The molecule has 9 nitrogen and oxygen atoms in total. The number of amides is 1. The summed E-state index contributed by atoms with van der Waals surface area (Å²) in [6, 6.07) is 7.08. The van der Waals surface area contributed by atoms with Gasteiger partial charge in [0.1, 0.15) is 17.2 Å². The van der Waals surface area contributed by atoms with Gasteiger partial charge in [-0.2, -0.15) is 0 Å². The van der Waals surface area contributed by atoms with Crippen LogP contribution in [0.25, 0.3) is 0 Å². The Balaban J connectivity index is 1.88. The normalized spacial score (nSPS) is 14.6. The number of ether oxygens (including phenoxy) is 2. The van der Waals surface area contributed by atoms with Crippen molar-refractivity contribution in [1.82, 2.24) is 9.88 Å². The maximum absolute atomic E-state index is 11.9. The van der Waals surface area contributed by atoms with Gasteiger partial charge in [0.2, 0.25) is 0 Å². The molecule has 0 atom stereocenters. The summed E-state index contributed by atoms with van der Waals surface area (Å²) < 4.78 is 11.5. The van der Waals surface area contributed by atoms with E-state index in [2.05, 4.69) is 9.98 Å². The smallest absolute Gasteiger partial charge is 0.251 e. The zero-order chi connectivity index (χ0) is 20.4. The number of carbonyl (C=O) groups excluding carboxylic acids is 1. The third-order valence-electron chi connectivity index (χ3n) is 4.75. The molecule has 0 fully saturated rings. The van der Waals surface area contributed by atoms with Crippen LogP contribution in [-0.4, -0.2) is 60.8 Å². The molecule has 0 saturated heterocycles. The summed E-state index contributed by atoms with van der Waals surface area (Å²) in [7, 11) is 1.57. The van der Waals surface area contributed by atoms with Crippen LogP contribution < -0.4 is 20.9 Å². The second-order valence-corrected chi connectivity index (χ2v) is 6.54. The minimum Gasteiger partial charge on any atom is -0.491 e. The first-order valence-electron chi connectivity index (χ1n) is 9.35. The molecule has 0 bridgehead atoms. The number of rotatable bonds is 7. The maximum atomic E-state index is 11.9. The number of carbonyl (C=O) groups is 1. The number of hydrogen-bond donors (Lipinski definition) is 2. The van der Waals surface area contributed by atoms with Crippen LogP contribution in [0.5, 0.6) is 11.5 Å². The van der Waals surface area contributed by atoms with E-state index >= 15 is 0 Å². The number of pyridine rings is 1. The molecule has 1 amide bonds. The van der Waals surface area contributed by atoms with Gasteiger partial charge in [0, 0.05) is 18.3 Å². The van der Waals surface area contributed by atoms with Crippen LogP contribution in [0.4, 0.5) is 5.69 Å². The lowest BCUT2D eigenvalue weighted by Crippen LogP contribution is -2.39. The van der Waals surface area contributed by atoms with Crippen molar-refractivity contribution in [3.63, 3.8) is 0 Å². The van der Waals surface area contributed by atoms with Gasteiger partial charge in [0.05, 0.1) is 25.8 Å². The highest BCUT2D eigenvalue weighted by Crippen LogP contribution is 2.44. The van der Waals surface area contributed by atoms with Gasteiger partial charge >= 0.3 is 0 Å². The molecule has 0 radical (unpaired) electrons. The Kier molecular flexibility index (Phi) is 5.13. The zero-order valence-electron chi connectivity index (χ0n) is 16.1. The molecule has 0 spiro atoms. The second kappa shape index (κ2) is 7.88. The van der Waals surface area contributed by atoms with Gasteiger partial charge in [-0.15, -0.1) is 0 Å². The van der Waals surface area contributed by atoms with E-state index in [1.54, 1.807) is 25.4 Å². The molecule has 150 valence electrons. The van der Waals surface area contributed by atoms with Crippen LogP contribution in [0, 0.1) is 0 Å². The summed E-state index contributed by atoms with van der Waals surface area (Å²) in [5.74, 6) is 1.79. The van der Waals surface area contributed by atoms with Gasteiger partial charge < -0.3 is 25.8 Å². The third kappa shape index (κ3) is 3.29. The summed E-state index contributed by atoms with van der Waals surface area (Å²) in [5.41, 5.74) is 13.3. The van der Waals surface area contributed by atoms with Gasteiger partial charge in [-0.1, -0.05) is 0 Å². The van der Waals surface area contributed by atoms with E-state index in [0.29, 0.717) is 60.5 Å². The average Bonchev–Trinajstić information content (AvgIpc) is 3.23. The lowest BCUT2D eigenvalue weighted by Gasteiger charge is -2.29. The molecule has 2 aromatic rings. The highest BCUT2D eigenvalue weighted by atomic mass is 16.5. The van der Waals surface area contributed by atoms with Crippen molar-refractivity contribution in [1.29, 1.82) is 0 Å². The minimum atomic E-state index is -0.565. The minimum absolute atomic E-state index is 0.301. The Labute approximate surface area is 168 Å². The van der Waals surface area contributed by atoms with Crippen LogP contribution in [0.3, 0.4) is 0 Å². The Bertz CT molecular complexity index is 1020. The lowest BCUT2D eigenvalue weighted by molar-refractivity contribution is 0.0999. The zero-order valence-corrected chi connectivity index (χ0v) is 16.1. The number of hydrogen-bond acceptors (Lipinski definition) is 8. The Morgan fingerprint density at radius 2 is 2.14 bits per heavy atom. The predicted molar refractivity (Wildman–Crippen MR) is 109 cm³/mol. The van der Waals surface area contributed by atoms with E-state index in [1.165, 1.54) is 0 Å². The van der Waals surface area contributed by atoms with Crippen molar-refractivity contribution in [2.75, 3.05) is 33.4 Å². The molecule has 0 unspecified atom stereocenters. The highest BCUT2D eigenvalue weighted by Gasteiger charge is 2.34. The van der Waals surface area contributed by atoms with Crippen LogP contribution in [0.15, 0.2) is 40.4 Å². The maximum Gasteiger partial charge on any atom is 0.251 e. The number of fused-ring (bicyclic) bond motifs is 3. The molecule has 4 rings (SSSR count). The van der Waals surface area contributed by atoms with Crippen molar-refractivity contribution in [2.45, 2.75) is 6.42 Å². The Morgan fingerprint density at radius 1 is 1.28 bits per heavy atom. The molecular formula is C20H22N6O3. The van der Waals surface area contributed by atoms with Crippen molar-refractivity contribution < 1.29 is 14.3 Å². The number of methoxy groups -OCH3 is 1. The number of benzene rings is 1. The Hall–Kier alpha value is -3.46. The quantitative estimate of drug-likeness (QED) is 0.676. The van der Waals surface area contributed by atoms with Gasteiger partial charge in [-0.05, 0) is 37.2 Å². The molecule has 1 aromatic carbocycles. The van der Waals surface area contributed by atoms with E-state index in [9.17, 15) is 4.79 Å². The standard InChI is InChI=1S/C20H22N6O3/c1-28-17-14(29-11-3-7-21)6-5-13-15(17)25-20(26-10-9-24-19(13)26)16-12(18(22)27)4-2-8-23-16/h2,4-6,8H,3,7,9-11,21H2,1H3,(H2,22,27). The van der Waals surface area contributed by atoms with Gasteiger partial charge in [0.15, 0.2) is 17.3 Å². The molecular weight excluding hydrogens is 372 g/mol. The second-order valence-electron chi connectivity index (χ2n) is 6.54. The topological polar surface area (TPSA) is 128 Å². The first kappa shape index (κ1) is 18.9. The monoisotopic (exact) mass is 394 g/mol. The van der Waals surface area contributed by atoms with Crippen LogP contribution >= 0.6 is 0 Å². The first-order chi connectivity index (χ1) is 14.2. The largest absolute Gasteiger partial charge is 0.491 e. The molecule has 3 heterocycles. The first-order valence-corrected chi connectivity index (χ1v) is 9.35. The molecule has 2 aliphatic rings. The molecule has 0 aliphatic carbocycles. The van der Waals surface area contributed by atoms with Gasteiger partial charge in [-0.25, -0.2) is 4.99 Å². The summed E-state index contributed by atoms with van der Waals surface area (Å²) in [4.78, 5) is 27.7. The number of amidine groups is 2. The summed E-state index contributed by atoms with van der Waals surface area (Å²) >= 11 is 0. The molecule has 2 aliphatic heterocycles. The van der Waals surface area contributed by atoms with Gasteiger partial charge in [0.25, 0.3) is 5.91 Å². The van der Waals surface area contributed by atoms with Crippen LogP contribution in [0.1, 0.15) is 28.0 Å². The van der Waals surface area contributed by atoms with Crippen LogP contribution in [0.2, 0.25) is 0 Å². The molecule has 4 N–H and O–H groups in total. The SMILES string of the molecule is COc1c(OCCCN)ccc2c1N=C(c1ncccc1C(N)=O)N1CCN=C21. The van der Waals surface area contributed by atoms with Crippen molar-refractivity contribution in [3.8, 4) is 11.5 Å². The average molecular weight is 394 g/mol. The number of primary amides is 1. The summed E-state index contributed by atoms with van der Waals surface area (Å²) in [6.45, 7) is 2.27. The van der Waals surface area contributed by atoms with E-state index in [1.807, 2.05) is 17.0 Å². The van der Waals surface area contributed by atoms with E-state index in [0.717, 1.165) is 17.8 Å². The fourth-order valence-electron chi connectivity index (χ4n) is 3.43. The molecule has 29 heavy (non-hydrogen) atoms. The molecule has 1 aromatic heterocycles. The molecule has 9 heteroatoms. The van der Waals surface area contributed by atoms with Crippen molar-refractivity contribution in [2.24, 2.45) is 21.5 Å². The fraction of sp³-hybridized carbons (Fsp3) is 0.300. The van der Waals surface area contributed by atoms with E-state index < -0.39 is 5.91 Å². The third-order valence-corrected chi connectivity index (χ3v) is 4.75. The number of nitrogens with two attached hydrogens (primary N) is 2. The predicted octanol–water partition coefficient (Wildman–Crippen LogP) is 1.07. The molecule has 0 saturated carbocycles. The van der Waals surface area contributed by atoms with Crippen LogP contribution in [-0.2, 0) is 0 Å². The highest BCUT2D eigenvalue weighted by molar-refractivity contribution is 6.22. The summed E-state index contributed by atoms with van der Waals surface area (Å²) in [6.07, 6.45) is 2.33. The fourth-order valence-corrected chi connectivity index (χ4v) is 3.43. The van der Waals surface area contributed by atoms with Crippen molar-refractivity contribution >= 4 is 23.3 Å². The van der Waals surface area contributed by atoms with Crippen molar-refractivity contribution in [3.05, 3.63) is 47.3 Å². The number of aromatic nitrogens is 1.